The van der Waals surface area contributed by atoms with Gasteiger partial charge in [0.1, 0.15) is 12.1 Å². The molecule has 2 aromatic carbocycles. The van der Waals surface area contributed by atoms with Crippen molar-refractivity contribution in [3.05, 3.63) is 71.0 Å². The molecule has 0 radical (unpaired) electrons. The van der Waals surface area contributed by atoms with Gasteiger partial charge in [0, 0.05) is 29.4 Å². The minimum Gasteiger partial charge on any atom is -0.493 e. The summed E-state index contributed by atoms with van der Waals surface area (Å²) < 4.78 is 12.7. The lowest BCUT2D eigenvalue weighted by molar-refractivity contribution is 0.112. The number of rotatable bonds is 7. The molecule has 0 unspecified atom stereocenters. The Morgan fingerprint density at radius 1 is 1.00 bits per heavy atom. The van der Waals surface area contributed by atoms with Gasteiger partial charge in [-0.05, 0) is 37.1 Å². The fraction of sp³-hybridized carbons (Fsp3) is 0.208. The molecule has 0 aliphatic rings. The normalized spacial score (nSPS) is 10.8. The number of ether oxygens (including phenoxy) is 2. The molecule has 0 bridgehead atoms. The third-order valence-electron chi connectivity index (χ3n) is 5.15. The first-order valence-corrected chi connectivity index (χ1v) is 9.91. The van der Waals surface area contributed by atoms with Crippen LogP contribution in [0.4, 0.5) is 5.82 Å². The molecule has 0 saturated carbocycles. The van der Waals surface area contributed by atoms with Gasteiger partial charge in [0.25, 0.3) is 0 Å². The molecule has 158 valence electrons. The molecule has 7 heteroatoms. The van der Waals surface area contributed by atoms with Gasteiger partial charge in [0.15, 0.2) is 17.1 Å². The summed E-state index contributed by atoms with van der Waals surface area (Å²) in [6.07, 6.45) is 0.842. The number of hydrogen-bond acceptors (Lipinski definition) is 6. The first-order chi connectivity index (χ1) is 15.0. The van der Waals surface area contributed by atoms with Gasteiger partial charge in [-0.25, -0.2) is 4.98 Å². The molecule has 0 aliphatic carbocycles. The zero-order chi connectivity index (χ0) is 22.0. The largest absolute Gasteiger partial charge is 0.493 e. The molecule has 1 N–H and O–H groups in total. The molecule has 0 aliphatic heterocycles. The van der Waals surface area contributed by atoms with E-state index in [1.165, 1.54) is 0 Å². The Balaban J connectivity index is 1.73. The standard InChI is InChI=1S/C24H24N4O3/c1-15-11-22(25-13-17-5-7-18(14-29)8-6-17)28-24(26-15)23(16(2)27-28)19-9-10-20(30-3)21(12-19)31-4/h5-12,14,25H,13H2,1-4H3. The third-order valence-corrected chi connectivity index (χ3v) is 5.15. The Morgan fingerprint density at radius 3 is 2.42 bits per heavy atom. The number of anilines is 1. The smallest absolute Gasteiger partial charge is 0.165 e. The van der Waals surface area contributed by atoms with Crippen molar-refractivity contribution in [3.63, 3.8) is 0 Å². The van der Waals surface area contributed by atoms with Gasteiger partial charge < -0.3 is 14.8 Å². The summed E-state index contributed by atoms with van der Waals surface area (Å²) in [6.45, 7) is 4.53. The van der Waals surface area contributed by atoms with Crippen molar-refractivity contribution in [1.82, 2.24) is 14.6 Å². The van der Waals surface area contributed by atoms with Crippen LogP contribution in [0, 0.1) is 13.8 Å². The first kappa shape index (κ1) is 20.4. The SMILES string of the molecule is COc1ccc(-c2c(C)nn3c(NCc4ccc(C=O)cc4)cc(C)nc23)cc1OC. The van der Waals surface area contributed by atoms with Crippen molar-refractivity contribution in [3.8, 4) is 22.6 Å². The summed E-state index contributed by atoms with van der Waals surface area (Å²) in [5.74, 6) is 2.17. The van der Waals surface area contributed by atoms with Gasteiger partial charge in [0.05, 0.1) is 19.9 Å². The minimum absolute atomic E-state index is 0.599. The third kappa shape index (κ3) is 3.94. The van der Waals surface area contributed by atoms with E-state index in [1.807, 2.05) is 66.9 Å². The molecular weight excluding hydrogens is 392 g/mol. The summed E-state index contributed by atoms with van der Waals surface area (Å²) in [5.41, 5.74) is 6.15. The fourth-order valence-electron chi connectivity index (χ4n) is 3.61. The van der Waals surface area contributed by atoms with E-state index in [0.29, 0.717) is 23.6 Å². The van der Waals surface area contributed by atoms with E-state index >= 15 is 0 Å². The number of carbonyl (C=O) groups is 1. The van der Waals surface area contributed by atoms with Gasteiger partial charge in [-0.3, -0.25) is 4.79 Å². The predicted molar refractivity (Wildman–Crippen MR) is 120 cm³/mol. The van der Waals surface area contributed by atoms with Crippen molar-refractivity contribution in [2.75, 3.05) is 19.5 Å². The van der Waals surface area contributed by atoms with Gasteiger partial charge in [-0.15, -0.1) is 0 Å². The highest BCUT2D eigenvalue weighted by Gasteiger charge is 2.17. The number of aromatic nitrogens is 3. The molecule has 2 aromatic heterocycles. The Labute approximate surface area is 180 Å². The lowest BCUT2D eigenvalue weighted by Gasteiger charge is -2.11. The van der Waals surface area contributed by atoms with E-state index < -0.39 is 0 Å². The topological polar surface area (TPSA) is 77.8 Å². The van der Waals surface area contributed by atoms with Crippen LogP contribution in [0.1, 0.15) is 27.3 Å². The van der Waals surface area contributed by atoms with E-state index in [0.717, 1.165) is 45.8 Å². The molecule has 0 saturated heterocycles. The Kier molecular flexibility index (Phi) is 5.58. The van der Waals surface area contributed by atoms with Crippen LogP contribution in [0.3, 0.4) is 0 Å². The van der Waals surface area contributed by atoms with Crippen LogP contribution in [0.25, 0.3) is 16.8 Å². The van der Waals surface area contributed by atoms with Crippen molar-refractivity contribution in [1.29, 1.82) is 0 Å². The number of fused-ring (bicyclic) bond motifs is 1. The summed E-state index contributed by atoms with van der Waals surface area (Å²) >= 11 is 0. The second-order valence-electron chi connectivity index (χ2n) is 7.26. The van der Waals surface area contributed by atoms with Crippen LogP contribution in [0.2, 0.25) is 0 Å². The van der Waals surface area contributed by atoms with Crippen LogP contribution in [-0.4, -0.2) is 35.1 Å². The molecule has 0 amide bonds. The molecule has 2 heterocycles. The van der Waals surface area contributed by atoms with Gasteiger partial charge >= 0.3 is 0 Å². The minimum atomic E-state index is 0.599. The maximum absolute atomic E-state index is 10.9. The van der Waals surface area contributed by atoms with Gasteiger partial charge in [-0.1, -0.05) is 30.3 Å². The van der Waals surface area contributed by atoms with E-state index in [-0.39, 0.29) is 0 Å². The van der Waals surface area contributed by atoms with Crippen LogP contribution in [0.5, 0.6) is 11.5 Å². The van der Waals surface area contributed by atoms with Crippen molar-refractivity contribution in [2.24, 2.45) is 0 Å². The summed E-state index contributed by atoms with van der Waals surface area (Å²) in [7, 11) is 3.24. The van der Waals surface area contributed by atoms with E-state index in [4.69, 9.17) is 19.6 Å². The van der Waals surface area contributed by atoms with E-state index in [1.54, 1.807) is 14.2 Å². The summed E-state index contributed by atoms with van der Waals surface area (Å²) in [5, 5.41) is 8.18. The number of nitrogens with zero attached hydrogens (tertiary/aromatic N) is 3. The van der Waals surface area contributed by atoms with Gasteiger partial charge in [-0.2, -0.15) is 9.61 Å². The Hall–Kier alpha value is -3.87. The van der Waals surface area contributed by atoms with Crippen LogP contribution >= 0.6 is 0 Å². The number of methoxy groups -OCH3 is 2. The second-order valence-corrected chi connectivity index (χ2v) is 7.26. The average molecular weight is 416 g/mol. The molecule has 0 atom stereocenters. The number of aldehydes is 1. The maximum Gasteiger partial charge on any atom is 0.165 e. The number of carbonyl (C=O) groups excluding carboxylic acids is 1. The zero-order valence-electron chi connectivity index (χ0n) is 18.0. The lowest BCUT2D eigenvalue weighted by Crippen LogP contribution is -2.07. The highest BCUT2D eigenvalue weighted by Crippen LogP contribution is 2.35. The quantitative estimate of drug-likeness (QED) is 0.448. The molecule has 0 fully saturated rings. The number of benzene rings is 2. The van der Waals surface area contributed by atoms with Gasteiger partial charge in [0.2, 0.25) is 0 Å². The van der Waals surface area contributed by atoms with Crippen molar-refractivity contribution >= 4 is 17.8 Å². The first-order valence-electron chi connectivity index (χ1n) is 9.91. The highest BCUT2D eigenvalue weighted by molar-refractivity contribution is 5.82. The molecular formula is C24H24N4O3. The highest BCUT2D eigenvalue weighted by atomic mass is 16.5. The van der Waals surface area contributed by atoms with Crippen LogP contribution in [-0.2, 0) is 6.54 Å². The van der Waals surface area contributed by atoms with Crippen LogP contribution < -0.4 is 14.8 Å². The van der Waals surface area contributed by atoms with E-state index in [2.05, 4.69) is 5.32 Å². The number of nitrogens with one attached hydrogen (secondary N) is 1. The molecule has 4 rings (SSSR count). The zero-order valence-corrected chi connectivity index (χ0v) is 18.0. The monoisotopic (exact) mass is 416 g/mol. The van der Waals surface area contributed by atoms with Crippen LogP contribution in [0.15, 0.2) is 48.5 Å². The molecule has 4 aromatic rings. The number of hydrogen-bond donors (Lipinski definition) is 1. The summed E-state index contributed by atoms with van der Waals surface area (Å²) in [6, 6.07) is 15.3. The Morgan fingerprint density at radius 2 is 1.74 bits per heavy atom. The second kappa shape index (κ2) is 8.47. The molecule has 0 spiro atoms. The van der Waals surface area contributed by atoms with Crippen molar-refractivity contribution < 1.29 is 14.3 Å². The lowest BCUT2D eigenvalue weighted by atomic mass is 10.1. The fourth-order valence-corrected chi connectivity index (χ4v) is 3.61. The number of aryl methyl sites for hydroxylation is 2. The summed E-state index contributed by atoms with van der Waals surface area (Å²) in [4.78, 5) is 15.6. The molecule has 31 heavy (non-hydrogen) atoms. The molecule has 7 nitrogen and oxygen atoms in total. The average Bonchev–Trinajstić information content (AvgIpc) is 3.12. The maximum atomic E-state index is 10.9. The Bertz CT molecular complexity index is 1250. The predicted octanol–water partition coefficient (Wildman–Crippen LogP) is 4.45. The van der Waals surface area contributed by atoms with E-state index in [9.17, 15) is 4.79 Å². The van der Waals surface area contributed by atoms with Crippen molar-refractivity contribution in [2.45, 2.75) is 20.4 Å².